The van der Waals surface area contributed by atoms with Crippen LogP contribution in [0.15, 0.2) is 24.3 Å². The highest BCUT2D eigenvalue weighted by molar-refractivity contribution is 7.92. The molecular formula is C14H18O5S. The molecule has 1 fully saturated rings. The molecule has 1 aliphatic heterocycles. The average Bonchev–Trinajstić information content (AvgIpc) is 2.28. The molecule has 1 aliphatic rings. The summed E-state index contributed by atoms with van der Waals surface area (Å²) in [6.07, 6.45) is 0.168. The molecule has 0 saturated carbocycles. The van der Waals surface area contributed by atoms with E-state index in [4.69, 9.17) is 9.84 Å². The summed E-state index contributed by atoms with van der Waals surface area (Å²) < 4.78 is 27.6. The van der Waals surface area contributed by atoms with E-state index in [1.165, 1.54) is 0 Å². The normalized spacial score (nSPS) is 18.3. The third kappa shape index (κ3) is 3.50. The number of aliphatic carboxylic acids is 1. The van der Waals surface area contributed by atoms with Gasteiger partial charge in [0.15, 0.2) is 9.84 Å². The molecule has 110 valence electrons. The van der Waals surface area contributed by atoms with Crippen molar-refractivity contribution < 1.29 is 23.1 Å². The van der Waals surface area contributed by atoms with Crippen molar-refractivity contribution in [3.63, 3.8) is 0 Å². The molecular weight excluding hydrogens is 280 g/mol. The standard InChI is InChI=1S/C14H18O5S/c1-14(2,13(15)16)7-10-3-5-11(6-4-10)19-12-8-20(17,18)9-12/h3-6,12H,7-9H2,1-2H3,(H,15,16). The minimum absolute atomic E-state index is 0.0702. The van der Waals surface area contributed by atoms with Crippen molar-refractivity contribution in [2.75, 3.05) is 11.5 Å². The number of rotatable bonds is 5. The summed E-state index contributed by atoms with van der Waals surface area (Å²) in [6, 6.07) is 7.12. The second-order valence-electron chi connectivity index (χ2n) is 5.83. The summed E-state index contributed by atoms with van der Waals surface area (Å²) in [7, 11) is -2.88. The van der Waals surface area contributed by atoms with Gasteiger partial charge in [0.25, 0.3) is 0 Å². The number of sulfone groups is 1. The zero-order chi connectivity index (χ0) is 15.0. The van der Waals surface area contributed by atoms with Crippen molar-refractivity contribution in [1.82, 2.24) is 0 Å². The number of benzene rings is 1. The Morgan fingerprint density at radius 2 is 1.85 bits per heavy atom. The molecule has 0 atom stereocenters. The Bertz CT molecular complexity index is 589. The van der Waals surface area contributed by atoms with Gasteiger partial charge < -0.3 is 9.84 Å². The van der Waals surface area contributed by atoms with E-state index in [-0.39, 0.29) is 17.6 Å². The molecule has 0 unspecified atom stereocenters. The van der Waals surface area contributed by atoms with Gasteiger partial charge in [-0.25, -0.2) is 8.42 Å². The van der Waals surface area contributed by atoms with E-state index in [1.807, 2.05) is 12.1 Å². The summed E-state index contributed by atoms with van der Waals surface area (Å²) in [6.45, 7) is 3.36. The van der Waals surface area contributed by atoms with Crippen LogP contribution < -0.4 is 4.74 Å². The first-order valence-corrected chi connectivity index (χ1v) is 8.19. The average molecular weight is 298 g/mol. The van der Waals surface area contributed by atoms with Crippen LogP contribution >= 0.6 is 0 Å². The molecule has 0 amide bonds. The Hall–Kier alpha value is -1.56. The summed E-state index contributed by atoms with van der Waals surface area (Å²) in [5, 5.41) is 9.08. The predicted octanol–water partition coefficient (Wildman–Crippen LogP) is 1.52. The lowest BCUT2D eigenvalue weighted by atomic mass is 9.86. The molecule has 0 bridgehead atoms. The molecule has 1 heterocycles. The molecule has 1 aromatic carbocycles. The number of hydrogen-bond donors (Lipinski definition) is 1. The molecule has 1 saturated heterocycles. The van der Waals surface area contributed by atoms with E-state index in [9.17, 15) is 13.2 Å². The van der Waals surface area contributed by atoms with Crippen LogP contribution in [0.1, 0.15) is 19.4 Å². The topological polar surface area (TPSA) is 80.7 Å². The summed E-state index contributed by atoms with van der Waals surface area (Å²) >= 11 is 0. The van der Waals surface area contributed by atoms with Crippen molar-refractivity contribution in [1.29, 1.82) is 0 Å². The van der Waals surface area contributed by atoms with Gasteiger partial charge in [0, 0.05) is 0 Å². The quantitative estimate of drug-likeness (QED) is 0.891. The molecule has 0 aliphatic carbocycles. The van der Waals surface area contributed by atoms with E-state index in [0.29, 0.717) is 12.2 Å². The molecule has 0 radical (unpaired) electrons. The second-order valence-corrected chi connectivity index (χ2v) is 7.98. The summed E-state index contributed by atoms with van der Waals surface area (Å²) in [5.74, 6) is -0.0824. The van der Waals surface area contributed by atoms with Crippen LogP contribution in [0.2, 0.25) is 0 Å². The SMILES string of the molecule is CC(C)(Cc1ccc(OC2CS(=O)(=O)C2)cc1)C(=O)O. The minimum atomic E-state index is -2.88. The third-order valence-corrected chi connectivity index (χ3v) is 5.09. The van der Waals surface area contributed by atoms with Crippen LogP contribution in [0.25, 0.3) is 0 Å². The molecule has 5 nitrogen and oxygen atoms in total. The van der Waals surface area contributed by atoms with Crippen LogP contribution in [0.4, 0.5) is 0 Å². The number of hydrogen-bond acceptors (Lipinski definition) is 4. The monoisotopic (exact) mass is 298 g/mol. The summed E-state index contributed by atoms with van der Waals surface area (Å²) in [4.78, 5) is 11.1. The van der Waals surface area contributed by atoms with Crippen molar-refractivity contribution in [3.05, 3.63) is 29.8 Å². The lowest BCUT2D eigenvalue weighted by molar-refractivity contribution is -0.146. The van der Waals surface area contributed by atoms with Crippen molar-refractivity contribution in [3.8, 4) is 5.75 Å². The predicted molar refractivity (Wildman–Crippen MR) is 74.6 cm³/mol. The molecule has 20 heavy (non-hydrogen) atoms. The van der Waals surface area contributed by atoms with Crippen molar-refractivity contribution in [2.24, 2.45) is 5.41 Å². The summed E-state index contributed by atoms with van der Waals surface area (Å²) in [5.41, 5.74) is 0.0933. The van der Waals surface area contributed by atoms with Gasteiger partial charge in [-0.1, -0.05) is 12.1 Å². The zero-order valence-electron chi connectivity index (χ0n) is 11.5. The zero-order valence-corrected chi connectivity index (χ0v) is 12.3. The number of carbonyl (C=O) groups is 1. The fraction of sp³-hybridized carbons (Fsp3) is 0.500. The number of carboxylic acids is 1. The number of carboxylic acid groups (broad SMARTS) is 1. The Morgan fingerprint density at radius 3 is 2.30 bits per heavy atom. The van der Waals surface area contributed by atoms with Gasteiger partial charge in [0.05, 0.1) is 16.9 Å². The Morgan fingerprint density at radius 1 is 1.30 bits per heavy atom. The van der Waals surface area contributed by atoms with Gasteiger partial charge in [0.2, 0.25) is 0 Å². The highest BCUT2D eigenvalue weighted by Crippen LogP contribution is 2.25. The Balaban J connectivity index is 1.95. The molecule has 1 aromatic rings. The Labute approximate surface area is 118 Å². The fourth-order valence-corrected chi connectivity index (χ4v) is 3.22. The van der Waals surface area contributed by atoms with E-state index >= 15 is 0 Å². The largest absolute Gasteiger partial charge is 0.488 e. The molecule has 6 heteroatoms. The van der Waals surface area contributed by atoms with Gasteiger partial charge in [-0.3, -0.25) is 4.79 Å². The maximum absolute atomic E-state index is 11.1. The van der Waals surface area contributed by atoms with Crippen molar-refractivity contribution in [2.45, 2.75) is 26.4 Å². The lowest BCUT2D eigenvalue weighted by Gasteiger charge is -2.26. The van der Waals surface area contributed by atoms with Crippen LogP contribution in [0.5, 0.6) is 5.75 Å². The first-order chi connectivity index (χ1) is 9.18. The van der Waals surface area contributed by atoms with Crippen LogP contribution in [-0.4, -0.2) is 37.1 Å². The van der Waals surface area contributed by atoms with Crippen LogP contribution in [0.3, 0.4) is 0 Å². The highest BCUT2D eigenvalue weighted by atomic mass is 32.2. The molecule has 0 aromatic heterocycles. The van der Waals surface area contributed by atoms with E-state index in [0.717, 1.165) is 5.56 Å². The van der Waals surface area contributed by atoms with Gasteiger partial charge >= 0.3 is 5.97 Å². The lowest BCUT2D eigenvalue weighted by Crippen LogP contribution is -2.45. The van der Waals surface area contributed by atoms with Crippen LogP contribution in [0, 0.1) is 5.41 Å². The molecule has 1 N–H and O–H groups in total. The minimum Gasteiger partial charge on any atom is -0.488 e. The van der Waals surface area contributed by atoms with Gasteiger partial charge in [-0.2, -0.15) is 0 Å². The fourth-order valence-electron chi connectivity index (χ4n) is 2.05. The maximum atomic E-state index is 11.1. The van der Waals surface area contributed by atoms with E-state index < -0.39 is 21.2 Å². The maximum Gasteiger partial charge on any atom is 0.309 e. The smallest absolute Gasteiger partial charge is 0.309 e. The first kappa shape index (κ1) is 14.8. The number of ether oxygens (including phenoxy) is 1. The highest BCUT2D eigenvalue weighted by Gasteiger charge is 2.35. The second kappa shape index (κ2) is 5.09. The van der Waals surface area contributed by atoms with Gasteiger partial charge in [0.1, 0.15) is 11.9 Å². The third-order valence-electron chi connectivity index (χ3n) is 3.33. The van der Waals surface area contributed by atoms with Crippen LogP contribution in [-0.2, 0) is 21.1 Å². The van der Waals surface area contributed by atoms with E-state index in [1.54, 1.807) is 26.0 Å². The van der Waals surface area contributed by atoms with Gasteiger partial charge in [-0.15, -0.1) is 0 Å². The van der Waals surface area contributed by atoms with Gasteiger partial charge in [-0.05, 0) is 38.0 Å². The van der Waals surface area contributed by atoms with E-state index in [2.05, 4.69) is 0 Å². The van der Waals surface area contributed by atoms with Crippen molar-refractivity contribution >= 4 is 15.8 Å². The first-order valence-electron chi connectivity index (χ1n) is 6.37. The molecule has 0 spiro atoms. The molecule has 2 rings (SSSR count). The Kier molecular flexibility index (Phi) is 3.77.